The number of nitrogens with one attached hydrogen (secondary N) is 1. The second kappa shape index (κ2) is 9.81. The maximum absolute atomic E-state index is 12.4. The normalized spacial score (nSPS) is 16.1. The molecule has 0 bridgehead atoms. The van der Waals surface area contributed by atoms with Crippen molar-refractivity contribution in [3.8, 4) is 11.6 Å². The molecule has 1 amide bonds. The molecular weight excluding hydrogens is 416 g/mol. The van der Waals surface area contributed by atoms with Gasteiger partial charge in [0.1, 0.15) is 11.4 Å². The average Bonchev–Trinajstić information content (AvgIpc) is 3.22. The fourth-order valence-corrected chi connectivity index (χ4v) is 4.50. The number of likely N-dealkylation sites (tertiary alicyclic amines) is 1. The quantitative estimate of drug-likeness (QED) is 0.478. The van der Waals surface area contributed by atoms with E-state index in [0.29, 0.717) is 17.7 Å². The van der Waals surface area contributed by atoms with Crippen LogP contribution in [0.3, 0.4) is 0 Å². The molecule has 1 N–H and O–H groups in total. The third-order valence-corrected chi connectivity index (χ3v) is 6.20. The zero-order valence-corrected chi connectivity index (χ0v) is 20.0. The van der Waals surface area contributed by atoms with Crippen molar-refractivity contribution in [2.45, 2.75) is 64.9 Å². The van der Waals surface area contributed by atoms with Crippen LogP contribution in [0, 0.1) is 5.92 Å². The van der Waals surface area contributed by atoms with Gasteiger partial charge < -0.3 is 14.4 Å². The minimum atomic E-state index is -0.462. The third kappa shape index (κ3) is 5.64. The van der Waals surface area contributed by atoms with E-state index in [-0.39, 0.29) is 6.09 Å². The molecular formula is C26H34N4O3. The first kappa shape index (κ1) is 23.1. The molecule has 7 heteroatoms. The molecule has 0 aliphatic carbocycles. The van der Waals surface area contributed by atoms with Crippen LogP contribution >= 0.6 is 0 Å². The number of rotatable bonds is 6. The van der Waals surface area contributed by atoms with Crippen molar-refractivity contribution in [1.29, 1.82) is 0 Å². The number of hydrogen-bond donors (Lipinski definition) is 1. The summed E-state index contributed by atoms with van der Waals surface area (Å²) in [6.07, 6.45) is 5.51. The van der Waals surface area contributed by atoms with Gasteiger partial charge >= 0.3 is 6.09 Å². The van der Waals surface area contributed by atoms with Crippen LogP contribution in [0.15, 0.2) is 42.6 Å². The number of carbonyl (C=O) groups is 1. The number of fused-ring (bicyclic) bond motifs is 1. The Morgan fingerprint density at radius 2 is 1.91 bits per heavy atom. The van der Waals surface area contributed by atoms with Crippen molar-refractivity contribution < 1.29 is 14.3 Å². The number of pyridine rings is 1. The highest BCUT2D eigenvalue weighted by molar-refractivity contribution is 5.86. The Kier molecular flexibility index (Phi) is 6.86. The molecule has 1 saturated heterocycles. The summed E-state index contributed by atoms with van der Waals surface area (Å²) < 4.78 is 11.7. The Hall–Kier alpha value is -3.09. The number of para-hydroxylation sites is 1. The summed E-state index contributed by atoms with van der Waals surface area (Å²) in [5.41, 5.74) is 1.49. The summed E-state index contributed by atoms with van der Waals surface area (Å²) in [5.74, 6) is 2.20. The standard InChI is InChI=1S/C26H34N4O3/c1-5-19(17-18-12-15-30(16-13-18)25(31)33-26(2,3)4)23-22-21(28-29-23)11-14-27-24(22)32-20-9-7-6-8-10-20/h6-11,14,18-19H,5,12-13,15-17H2,1-4H3,(H,28,29). The van der Waals surface area contributed by atoms with E-state index in [1.165, 1.54) is 0 Å². The van der Waals surface area contributed by atoms with E-state index in [9.17, 15) is 4.79 Å². The number of ether oxygens (including phenoxy) is 2. The summed E-state index contributed by atoms with van der Waals surface area (Å²) in [6, 6.07) is 11.6. The van der Waals surface area contributed by atoms with Gasteiger partial charge in [-0.15, -0.1) is 0 Å². The highest BCUT2D eigenvalue weighted by atomic mass is 16.6. The topological polar surface area (TPSA) is 80.3 Å². The molecule has 0 spiro atoms. The predicted molar refractivity (Wildman–Crippen MR) is 129 cm³/mol. The zero-order chi connectivity index (χ0) is 23.4. The molecule has 1 atom stereocenters. The summed E-state index contributed by atoms with van der Waals surface area (Å²) >= 11 is 0. The SMILES string of the molecule is CCC(CC1CCN(C(=O)OC(C)(C)C)CC1)c1[nH]nc2ccnc(Oc3ccccc3)c12. The Morgan fingerprint density at radius 3 is 2.58 bits per heavy atom. The van der Waals surface area contributed by atoms with E-state index >= 15 is 0 Å². The third-order valence-electron chi connectivity index (χ3n) is 6.20. The Morgan fingerprint density at radius 1 is 1.18 bits per heavy atom. The number of piperidine rings is 1. The fraction of sp³-hybridized carbons (Fsp3) is 0.500. The van der Waals surface area contributed by atoms with Crippen LogP contribution in [0.25, 0.3) is 10.9 Å². The molecule has 33 heavy (non-hydrogen) atoms. The van der Waals surface area contributed by atoms with E-state index in [2.05, 4.69) is 22.1 Å². The number of hydrogen-bond acceptors (Lipinski definition) is 5. The molecule has 1 fully saturated rings. The summed E-state index contributed by atoms with van der Waals surface area (Å²) in [4.78, 5) is 18.7. The van der Waals surface area contributed by atoms with Gasteiger partial charge in [0.25, 0.3) is 0 Å². The summed E-state index contributed by atoms with van der Waals surface area (Å²) in [5, 5.41) is 8.77. The van der Waals surface area contributed by atoms with Crippen molar-refractivity contribution in [3.05, 3.63) is 48.3 Å². The second-order valence-electron chi connectivity index (χ2n) is 9.81. The smallest absolute Gasteiger partial charge is 0.410 e. The zero-order valence-electron chi connectivity index (χ0n) is 20.0. The highest BCUT2D eigenvalue weighted by Gasteiger charge is 2.29. The second-order valence-corrected chi connectivity index (χ2v) is 9.81. The predicted octanol–water partition coefficient (Wildman–Crippen LogP) is 6.28. The van der Waals surface area contributed by atoms with Crippen molar-refractivity contribution >= 4 is 17.0 Å². The molecule has 1 aromatic carbocycles. The molecule has 0 saturated carbocycles. The lowest BCUT2D eigenvalue weighted by molar-refractivity contribution is 0.0178. The van der Waals surface area contributed by atoms with Crippen molar-refractivity contribution in [2.75, 3.05) is 13.1 Å². The lowest BCUT2D eigenvalue weighted by Gasteiger charge is -2.34. The molecule has 0 radical (unpaired) electrons. The Bertz CT molecular complexity index is 1070. The number of amides is 1. The minimum absolute atomic E-state index is 0.207. The first-order chi connectivity index (χ1) is 15.8. The number of aromatic nitrogens is 3. The molecule has 1 aliphatic heterocycles. The lowest BCUT2D eigenvalue weighted by Crippen LogP contribution is -2.41. The van der Waals surface area contributed by atoms with Gasteiger partial charge in [0.15, 0.2) is 0 Å². The van der Waals surface area contributed by atoms with Crippen molar-refractivity contribution in [3.63, 3.8) is 0 Å². The van der Waals surface area contributed by atoms with Crippen LogP contribution < -0.4 is 4.74 Å². The lowest BCUT2D eigenvalue weighted by atomic mass is 9.84. The number of nitrogens with zero attached hydrogens (tertiary/aromatic N) is 3. The number of carbonyl (C=O) groups excluding carboxylic acids is 1. The number of H-pyrrole nitrogens is 1. The largest absolute Gasteiger partial charge is 0.444 e. The van der Waals surface area contributed by atoms with E-state index in [0.717, 1.165) is 61.1 Å². The van der Waals surface area contributed by atoms with Gasteiger partial charge in [-0.05, 0) is 70.6 Å². The van der Waals surface area contributed by atoms with Crippen LogP contribution in [0.5, 0.6) is 11.6 Å². The summed E-state index contributed by atoms with van der Waals surface area (Å²) in [6.45, 7) is 9.41. The van der Waals surface area contributed by atoms with Crippen molar-refractivity contribution in [2.24, 2.45) is 5.92 Å². The van der Waals surface area contributed by atoms with Gasteiger partial charge in [0.05, 0.1) is 16.6 Å². The first-order valence-corrected chi connectivity index (χ1v) is 11.9. The molecule has 3 heterocycles. The van der Waals surface area contributed by atoms with Crippen LogP contribution in [0.4, 0.5) is 4.79 Å². The monoisotopic (exact) mass is 450 g/mol. The molecule has 3 aromatic rings. The molecule has 1 unspecified atom stereocenters. The van der Waals surface area contributed by atoms with Gasteiger partial charge in [-0.3, -0.25) is 5.10 Å². The highest BCUT2D eigenvalue weighted by Crippen LogP contribution is 2.38. The first-order valence-electron chi connectivity index (χ1n) is 11.9. The molecule has 176 valence electrons. The minimum Gasteiger partial charge on any atom is -0.444 e. The Labute approximate surface area is 195 Å². The van der Waals surface area contributed by atoms with Gasteiger partial charge in [0, 0.05) is 25.2 Å². The molecule has 1 aliphatic rings. The molecule has 2 aromatic heterocycles. The van der Waals surface area contributed by atoms with E-state index < -0.39 is 5.60 Å². The fourth-order valence-electron chi connectivity index (χ4n) is 4.50. The number of benzene rings is 1. The van der Waals surface area contributed by atoms with Crippen molar-refractivity contribution in [1.82, 2.24) is 20.1 Å². The van der Waals surface area contributed by atoms with Crippen LogP contribution in [-0.4, -0.2) is 44.9 Å². The van der Waals surface area contributed by atoms with E-state index in [4.69, 9.17) is 9.47 Å². The maximum Gasteiger partial charge on any atom is 0.410 e. The van der Waals surface area contributed by atoms with E-state index in [1.807, 2.05) is 62.1 Å². The van der Waals surface area contributed by atoms with Crippen LogP contribution in [0.2, 0.25) is 0 Å². The van der Waals surface area contributed by atoms with Gasteiger partial charge in [0.2, 0.25) is 5.88 Å². The molecule has 4 rings (SSSR count). The maximum atomic E-state index is 12.4. The number of aromatic amines is 1. The molecule has 7 nitrogen and oxygen atoms in total. The van der Waals surface area contributed by atoms with Gasteiger partial charge in [-0.2, -0.15) is 5.10 Å². The van der Waals surface area contributed by atoms with Crippen LogP contribution in [0.1, 0.15) is 65.0 Å². The van der Waals surface area contributed by atoms with Gasteiger partial charge in [-0.25, -0.2) is 9.78 Å². The van der Waals surface area contributed by atoms with Crippen LogP contribution in [-0.2, 0) is 4.74 Å². The van der Waals surface area contributed by atoms with Gasteiger partial charge in [-0.1, -0.05) is 25.1 Å². The summed E-state index contributed by atoms with van der Waals surface area (Å²) in [7, 11) is 0. The van der Waals surface area contributed by atoms with E-state index in [1.54, 1.807) is 6.20 Å². The Balaban J connectivity index is 1.46. The average molecular weight is 451 g/mol.